The van der Waals surface area contributed by atoms with Gasteiger partial charge in [0.2, 0.25) is 0 Å². The van der Waals surface area contributed by atoms with E-state index in [-0.39, 0.29) is 0 Å². The first-order chi connectivity index (χ1) is 16.2. The normalized spacial score (nSPS) is 10.4. The minimum absolute atomic E-state index is 0.321. The minimum atomic E-state index is 0.321. The molecular weight excluding hydrogens is 408 g/mol. The van der Waals surface area contributed by atoms with Crippen molar-refractivity contribution in [2.45, 2.75) is 19.8 Å². The first-order valence-electron chi connectivity index (χ1n) is 11.3. The third-order valence-electron chi connectivity index (χ3n) is 5.52. The number of hydrogen-bond donors (Lipinski definition) is 0. The molecule has 1 heterocycles. The summed E-state index contributed by atoms with van der Waals surface area (Å²) in [5.41, 5.74) is 5.89. The van der Waals surface area contributed by atoms with Gasteiger partial charge < -0.3 is 14.4 Å². The summed E-state index contributed by atoms with van der Waals surface area (Å²) in [5, 5.41) is 1.14. The Balaban J connectivity index is 0.000000709. The fourth-order valence-electron chi connectivity index (χ4n) is 3.61. The second-order valence-electron chi connectivity index (χ2n) is 7.86. The van der Waals surface area contributed by atoms with Crippen molar-refractivity contribution in [2.75, 3.05) is 32.2 Å². The van der Waals surface area contributed by atoms with Crippen LogP contribution in [0.2, 0.25) is 0 Å². The third kappa shape index (κ3) is 6.74. The Labute approximate surface area is 196 Å². The van der Waals surface area contributed by atoms with Crippen LogP contribution in [0.1, 0.15) is 18.1 Å². The molecule has 0 N–H and O–H groups in total. The number of fused-ring (bicyclic) bond motifs is 1. The lowest BCUT2D eigenvalue weighted by molar-refractivity contribution is -0.106. The minimum Gasteiger partial charge on any atom is -0.385 e. The van der Waals surface area contributed by atoms with Crippen molar-refractivity contribution in [3.8, 4) is 11.1 Å². The standard InChI is InChI=1S/C26H24N2O.C3H8O/c1-28(16-17-29)26-19-23(22-10-6-3-7-11-22)24-18-21(14-15-25(24)27-26)13-12-20-8-4-2-5-9-20;1-3-4-2/h2-11,14-15,17-19H,12-13,16H2,1H3;3H2,1-2H3. The van der Waals surface area contributed by atoms with E-state index in [1.807, 2.05) is 24.9 Å². The maximum Gasteiger partial charge on any atom is 0.139 e. The Morgan fingerprint density at radius 1 is 0.879 bits per heavy atom. The molecule has 4 aromatic rings. The second kappa shape index (κ2) is 12.5. The number of rotatable bonds is 8. The molecule has 0 spiro atoms. The van der Waals surface area contributed by atoms with Crippen molar-refractivity contribution in [3.63, 3.8) is 0 Å². The maximum absolute atomic E-state index is 11.0. The highest BCUT2D eigenvalue weighted by atomic mass is 16.5. The van der Waals surface area contributed by atoms with Crippen LogP contribution < -0.4 is 4.90 Å². The summed E-state index contributed by atoms with van der Waals surface area (Å²) < 4.78 is 4.54. The lowest BCUT2D eigenvalue weighted by Crippen LogP contribution is -2.20. The number of carbonyl (C=O) groups is 1. The highest BCUT2D eigenvalue weighted by molar-refractivity contribution is 5.96. The fourth-order valence-corrected chi connectivity index (χ4v) is 3.61. The predicted octanol–water partition coefficient (Wildman–Crippen LogP) is 5.97. The number of hydrogen-bond acceptors (Lipinski definition) is 4. The molecule has 0 unspecified atom stereocenters. The van der Waals surface area contributed by atoms with Crippen LogP contribution in [0.3, 0.4) is 0 Å². The summed E-state index contributed by atoms with van der Waals surface area (Å²) in [6.07, 6.45) is 2.91. The molecule has 0 aliphatic carbocycles. The van der Waals surface area contributed by atoms with Crippen LogP contribution in [0.4, 0.5) is 5.82 Å². The number of ether oxygens (including phenoxy) is 1. The Bertz CT molecular complexity index is 1140. The topological polar surface area (TPSA) is 42.4 Å². The van der Waals surface area contributed by atoms with Gasteiger partial charge in [0.05, 0.1) is 12.1 Å². The molecule has 0 fully saturated rings. The van der Waals surface area contributed by atoms with Gasteiger partial charge in [0.25, 0.3) is 0 Å². The molecule has 0 atom stereocenters. The zero-order valence-corrected chi connectivity index (χ0v) is 19.7. The Morgan fingerprint density at radius 3 is 2.15 bits per heavy atom. The first kappa shape index (κ1) is 24.1. The fraction of sp³-hybridized carbons (Fsp3) is 0.241. The van der Waals surface area contributed by atoms with Crippen molar-refractivity contribution in [1.82, 2.24) is 4.98 Å². The molecule has 4 nitrogen and oxygen atoms in total. The van der Waals surface area contributed by atoms with Gasteiger partial charge in [-0.2, -0.15) is 0 Å². The Kier molecular flexibility index (Phi) is 9.16. The highest BCUT2D eigenvalue weighted by Crippen LogP contribution is 2.32. The number of aryl methyl sites for hydroxylation is 2. The SMILES string of the molecule is CCOC.CN(CC=O)c1cc(-c2ccccc2)c2cc(CCc3ccccc3)ccc2n1. The Morgan fingerprint density at radius 2 is 1.52 bits per heavy atom. The first-order valence-corrected chi connectivity index (χ1v) is 11.3. The molecule has 4 heteroatoms. The molecule has 4 rings (SSSR count). The van der Waals surface area contributed by atoms with Crippen LogP contribution in [-0.2, 0) is 22.4 Å². The van der Waals surface area contributed by atoms with E-state index in [0.29, 0.717) is 6.54 Å². The zero-order valence-electron chi connectivity index (χ0n) is 19.7. The van der Waals surface area contributed by atoms with Crippen molar-refractivity contribution >= 4 is 23.0 Å². The van der Waals surface area contributed by atoms with Gasteiger partial charge in [-0.1, -0.05) is 66.7 Å². The van der Waals surface area contributed by atoms with Crippen LogP contribution >= 0.6 is 0 Å². The number of carbonyl (C=O) groups excluding carboxylic acids is 1. The summed E-state index contributed by atoms with van der Waals surface area (Å²) in [5.74, 6) is 0.806. The van der Waals surface area contributed by atoms with E-state index < -0.39 is 0 Å². The van der Waals surface area contributed by atoms with Gasteiger partial charge in [-0.05, 0) is 60.2 Å². The van der Waals surface area contributed by atoms with E-state index in [1.54, 1.807) is 7.11 Å². The molecule has 0 radical (unpaired) electrons. The van der Waals surface area contributed by atoms with Crippen LogP contribution in [0.15, 0.2) is 84.9 Å². The number of pyridine rings is 1. The number of aromatic nitrogens is 1. The molecule has 0 bridgehead atoms. The number of methoxy groups -OCH3 is 1. The summed E-state index contributed by atoms with van der Waals surface area (Å²) in [7, 11) is 3.57. The van der Waals surface area contributed by atoms with Crippen LogP contribution in [0, 0.1) is 0 Å². The number of likely N-dealkylation sites (N-methyl/N-ethyl adjacent to an activating group) is 1. The second-order valence-corrected chi connectivity index (χ2v) is 7.86. The van der Waals surface area contributed by atoms with E-state index in [4.69, 9.17) is 4.98 Å². The van der Waals surface area contributed by atoms with E-state index in [9.17, 15) is 4.79 Å². The average Bonchev–Trinajstić information content (AvgIpc) is 2.88. The molecule has 0 saturated carbocycles. The monoisotopic (exact) mass is 440 g/mol. The lowest BCUT2D eigenvalue weighted by Gasteiger charge is -2.18. The predicted molar refractivity (Wildman–Crippen MR) is 138 cm³/mol. The average molecular weight is 441 g/mol. The quantitative estimate of drug-likeness (QED) is 0.316. The molecule has 1 aromatic heterocycles. The number of nitrogens with zero attached hydrogens (tertiary/aromatic N) is 2. The molecule has 33 heavy (non-hydrogen) atoms. The van der Waals surface area contributed by atoms with Crippen LogP contribution in [0.5, 0.6) is 0 Å². The molecule has 0 saturated heterocycles. The van der Waals surface area contributed by atoms with Crippen molar-refractivity contribution in [3.05, 3.63) is 96.1 Å². The van der Waals surface area contributed by atoms with Crippen molar-refractivity contribution in [2.24, 2.45) is 0 Å². The molecular formula is C29H32N2O2. The smallest absolute Gasteiger partial charge is 0.139 e. The van der Waals surface area contributed by atoms with Crippen molar-refractivity contribution in [1.29, 1.82) is 0 Å². The molecule has 3 aromatic carbocycles. The summed E-state index contributed by atoms with van der Waals surface area (Å²) in [6.45, 7) is 3.10. The van der Waals surface area contributed by atoms with E-state index in [1.165, 1.54) is 11.1 Å². The van der Waals surface area contributed by atoms with Crippen molar-refractivity contribution < 1.29 is 9.53 Å². The van der Waals surface area contributed by atoms with Gasteiger partial charge in [0, 0.05) is 26.2 Å². The maximum atomic E-state index is 11.0. The lowest BCUT2D eigenvalue weighted by atomic mass is 9.97. The summed E-state index contributed by atoms with van der Waals surface area (Å²) >= 11 is 0. The van der Waals surface area contributed by atoms with E-state index in [2.05, 4.69) is 83.6 Å². The van der Waals surface area contributed by atoms with Gasteiger partial charge in [-0.15, -0.1) is 0 Å². The molecule has 0 aliphatic heterocycles. The number of benzene rings is 3. The van der Waals surface area contributed by atoms with E-state index in [0.717, 1.165) is 53.6 Å². The molecule has 0 amide bonds. The van der Waals surface area contributed by atoms with Gasteiger partial charge >= 0.3 is 0 Å². The zero-order chi connectivity index (χ0) is 23.5. The van der Waals surface area contributed by atoms with Gasteiger partial charge in [0.1, 0.15) is 12.1 Å². The summed E-state index contributed by atoms with van der Waals surface area (Å²) in [6, 6.07) is 29.6. The highest BCUT2D eigenvalue weighted by Gasteiger charge is 2.11. The van der Waals surface area contributed by atoms with E-state index >= 15 is 0 Å². The van der Waals surface area contributed by atoms with Crippen LogP contribution in [-0.4, -0.2) is 38.6 Å². The number of aldehydes is 1. The van der Waals surface area contributed by atoms with Crippen LogP contribution in [0.25, 0.3) is 22.0 Å². The molecule has 170 valence electrons. The van der Waals surface area contributed by atoms with Gasteiger partial charge in [-0.25, -0.2) is 4.98 Å². The third-order valence-corrected chi connectivity index (χ3v) is 5.52. The molecule has 0 aliphatic rings. The number of anilines is 1. The Hall–Kier alpha value is -3.50. The van der Waals surface area contributed by atoms with Gasteiger partial charge in [-0.3, -0.25) is 0 Å². The summed E-state index contributed by atoms with van der Waals surface area (Å²) in [4.78, 5) is 17.7. The van der Waals surface area contributed by atoms with Gasteiger partial charge in [0.15, 0.2) is 0 Å². The largest absolute Gasteiger partial charge is 0.385 e.